The van der Waals surface area contributed by atoms with E-state index < -0.39 is 0 Å². The van der Waals surface area contributed by atoms with Crippen LogP contribution in [0.2, 0.25) is 0 Å². The zero-order chi connectivity index (χ0) is 31.4. The molecule has 0 radical (unpaired) electrons. The first kappa shape index (κ1) is 42.8. The number of ether oxygens (including phenoxy) is 4. The molecular weight excluding hydrogens is 762 g/mol. The molecule has 6 aromatic rings. The average Bonchev–Trinajstić information content (AvgIpc) is 2.97. The maximum atomic E-state index is 5.87. The van der Waals surface area contributed by atoms with Gasteiger partial charge >= 0.3 is 19.5 Å². The molecule has 4 heterocycles. The van der Waals surface area contributed by atoms with Gasteiger partial charge in [0.25, 0.3) is 0 Å². The third kappa shape index (κ3) is 9.91. The standard InChI is InChI=1S/2C18H20N2O2.3ClH.Rh/c2*1-11(2)21-15-7-9-19-17-13(15)5-6-14-16(22-12(3)4)8-10-20-18(14)17;;;;/h2*5-12H,1-4H3;3*1H;/q;;;;;+3/p-3. The first-order valence-corrected chi connectivity index (χ1v) is 15.1. The second-order valence-electron chi connectivity index (χ2n) is 11.6. The van der Waals surface area contributed by atoms with Crippen molar-refractivity contribution in [2.75, 3.05) is 0 Å². The Bertz CT molecular complexity index is 1650. The van der Waals surface area contributed by atoms with E-state index >= 15 is 0 Å². The van der Waals surface area contributed by atoms with Crippen molar-refractivity contribution < 1.29 is 75.6 Å². The summed E-state index contributed by atoms with van der Waals surface area (Å²) in [5.74, 6) is 3.33. The Labute approximate surface area is 313 Å². The van der Waals surface area contributed by atoms with E-state index in [2.05, 4.69) is 19.9 Å². The third-order valence-corrected chi connectivity index (χ3v) is 6.53. The number of halogens is 3. The van der Waals surface area contributed by atoms with Crippen LogP contribution in [-0.4, -0.2) is 44.4 Å². The first-order chi connectivity index (χ1) is 21.1. The van der Waals surface area contributed by atoms with Gasteiger partial charge in [0, 0.05) is 46.3 Å². The van der Waals surface area contributed by atoms with E-state index in [1.165, 1.54) is 0 Å². The molecule has 8 nitrogen and oxygen atoms in total. The molecule has 0 saturated heterocycles. The largest absolute Gasteiger partial charge is 3.00 e. The number of aromatic nitrogens is 4. The van der Waals surface area contributed by atoms with Crippen molar-refractivity contribution >= 4 is 43.6 Å². The molecule has 4 aromatic heterocycles. The van der Waals surface area contributed by atoms with Crippen LogP contribution in [0.5, 0.6) is 23.0 Å². The van der Waals surface area contributed by atoms with Gasteiger partial charge in [0.15, 0.2) is 0 Å². The van der Waals surface area contributed by atoms with Crippen LogP contribution in [0.1, 0.15) is 55.4 Å². The van der Waals surface area contributed by atoms with Crippen molar-refractivity contribution in [2.45, 2.75) is 79.8 Å². The summed E-state index contributed by atoms with van der Waals surface area (Å²) in [4.78, 5) is 18.0. The van der Waals surface area contributed by atoms with Gasteiger partial charge in [-0.25, -0.2) is 0 Å². The fourth-order valence-corrected chi connectivity index (χ4v) is 4.98. The third-order valence-electron chi connectivity index (χ3n) is 6.53. The van der Waals surface area contributed by atoms with E-state index in [-0.39, 0.29) is 81.1 Å². The molecule has 0 aliphatic heterocycles. The number of benzene rings is 2. The van der Waals surface area contributed by atoms with Gasteiger partial charge in [-0.1, -0.05) is 0 Å². The number of pyridine rings is 4. The Morgan fingerprint density at radius 3 is 0.708 bits per heavy atom. The summed E-state index contributed by atoms with van der Waals surface area (Å²) in [6, 6.07) is 15.7. The van der Waals surface area contributed by atoms with E-state index in [0.717, 1.165) is 66.6 Å². The van der Waals surface area contributed by atoms with E-state index in [1.807, 2.05) is 104 Å². The quantitative estimate of drug-likeness (QED) is 0.154. The molecule has 0 fully saturated rings. The topological polar surface area (TPSA) is 88.5 Å². The summed E-state index contributed by atoms with van der Waals surface area (Å²) >= 11 is 0. The Kier molecular flexibility index (Phi) is 17.0. The monoisotopic (exact) mass is 800 g/mol. The van der Waals surface area contributed by atoms with Crippen LogP contribution in [0.4, 0.5) is 0 Å². The van der Waals surface area contributed by atoms with E-state index in [1.54, 1.807) is 24.8 Å². The maximum Gasteiger partial charge on any atom is 3.00 e. The first-order valence-electron chi connectivity index (χ1n) is 15.1. The van der Waals surface area contributed by atoms with Crippen LogP contribution in [0.15, 0.2) is 73.3 Å². The molecule has 258 valence electrons. The molecule has 0 N–H and O–H groups in total. The molecule has 0 atom stereocenters. The second kappa shape index (κ2) is 19.1. The molecule has 6 rings (SSSR count). The molecule has 2 aromatic carbocycles. The van der Waals surface area contributed by atoms with Crippen LogP contribution >= 0.6 is 0 Å². The zero-order valence-electron chi connectivity index (χ0n) is 28.1. The van der Waals surface area contributed by atoms with Crippen LogP contribution in [-0.2, 0) is 19.5 Å². The van der Waals surface area contributed by atoms with Gasteiger partial charge in [-0.05, 0) is 104 Å². The SMILES string of the molecule is CC(C)Oc1ccnc2c1ccc1c(OC(C)C)ccnc12.CC(C)Oc1ccnc2c1ccc1c(OC(C)C)ccnc12.[Cl-].[Cl-].[Cl-].[Rh+3]. The molecule has 0 amide bonds. The number of fused-ring (bicyclic) bond motifs is 6. The molecule has 48 heavy (non-hydrogen) atoms. The number of rotatable bonds is 8. The van der Waals surface area contributed by atoms with Crippen molar-refractivity contribution in [3.8, 4) is 23.0 Å². The summed E-state index contributed by atoms with van der Waals surface area (Å²) in [6.07, 6.45) is 7.51. The molecule has 0 bridgehead atoms. The van der Waals surface area contributed by atoms with Crippen LogP contribution in [0.3, 0.4) is 0 Å². The van der Waals surface area contributed by atoms with Gasteiger partial charge < -0.3 is 56.2 Å². The Balaban J connectivity index is 0.000000443. The van der Waals surface area contributed by atoms with Gasteiger partial charge in [0.1, 0.15) is 45.1 Å². The maximum absolute atomic E-state index is 5.87. The normalized spacial score (nSPS) is 10.6. The molecule has 12 heteroatoms. The number of nitrogens with zero attached hydrogens (tertiary/aromatic N) is 4. The van der Waals surface area contributed by atoms with Gasteiger partial charge in [0.2, 0.25) is 0 Å². The van der Waals surface area contributed by atoms with Crippen LogP contribution in [0, 0.1) is 0 Å². The number of hydrogen-bond donors (Lipinski definition) is 0. The predicted molar refractivity (Wildman–Crippen MR) is 177 cm³/mol. The molecule has 0 aliphatic rings. The van der Waals surface area contributed by atoms with E-state index in [4.69, 9.17) is 18.9 Å². The van der Waals surface area contributed by atoms with E-state index in [0.29, 0.717) is 0 Å². The predicted octanol–water partition coefficient (Wildman–Crippen LogP) is -0.276. The van der Waals surface area contributed by atoms with Crippen molar-refractivity contribution in [2.24, 2.45) is 0 Å². The van der Waals surface area contributed by atoms with E-state index in [9.17, 15) is 0 Å². The molecule has 0 aliphatic carbocycles. The Morgan fingerprint density at radius 1 is 0.354 bits per heavy atom. The van der Waals surface area contributed by atoms with Crippen molar-refractivity contribution in [1.29, 1.82) is 0 Å². The zero-order valence-corrected chi connectivity index (χ0v) is 32.0. The molecule has 0 saturated carbocycles. The Hall–Kier alpha value is -3.23. The van der Waals surface area contributed by atoms with Gasteiger partial charge in [-0.2, -0.15) is 0 Å². The number of hydrogen-bond acceptors (Lipinski definition) is 8. The minimum atomic E-state index is 0. The minimum Gasteiger partial charge on any atom is -1.00 e. The minimum absolute atomic E-state index is 0. The van der Waals surface area contributed by atoms with Crippen LogP contribution < -0.4 is 56.2 Å². The van der Waals surface area contributed by atoms with Gasteiger partial charge in [-0.3, -0.25) is 19.9 Å². The fraction of sp³-hybridized carbons (Fsp3) is 0.333. The molecule has 0 unspecified atom stereocenters. The summed E-state index contributed by atoms with van der Waals surface area (Å²) in [6.45, 7) is 16.1. The fourth-order valence-electron chi connectivity index (χ4n) is 4.98. The average molecular weight is 802 g/mol. The van der Waals surface area contributed by atoms with Crippen molar-refractivity contribution in [1.82, 2.24) is 19.9 Å². The van der Waals surface area contributed by atoms with Gasteiger partial charge in [-0.15, -0.1) is 0 Å². The van der Waals surface area contributed by atoms with Crippen LogP contribution in [0.25, 0.3) is 43.6 Å². The van der Waals surface area contributed by atoms with Crippen molar-refractivity contribution in [3.05, 3.63) is 73.3 Å². The van der Waals surface area contributed by atoms with Crippen molar-refractivity contribution in [3.63, 3.8) is 0 Å². The second-order valence-corrected chi connectivity index (χ2v) is 11.6. The summed E-state index contributed by atoms with van der Waals surface area (Å²) in [7, 11) is 0. The smallest absolute Gasteiger partial charge is 1.00 e. The Morgan fingerprint density at radius 2 is 0.542 bits per heavy atom. The summed E-state index contributed by atoms with van der Waals surface area (Å²) in [5.41, 5.74) is 3.35. The summed E-state index contributed by atoms with van der Waals surface area (Å²) < 4.78 is 23.5. The summed E-state index contributed by atoms with van der Waals surface area (Å²) in [5, 5.41) is 3.88. The molecule has 0 spiro atoms. The molecular formula is C36H40Cl3N4O4Rh. The van der Waals surface area contributed by atoms with Gasteiger partial charge in [0.05, 0.1) is 24.4 Å².